The summed E-state index contributed by atoms with van der Waals surface area (Å²) in [6, 6.07) is 0. The van der Waals surface area contributed by atoms with Crippen LogP contribution in [0.15, 0.2) is 17.3 Å². The molecule has 13 heavy (non-hydrogen) atoms. The third-order valence-electron chi connectivity index (χ3n) is 2.30. The van der Waals surface area contributed by atoms with E-state index in [4.69, 9.17) is 0 Å². The van der Waals surface area contributed by atoms with Crippen molar-refractivity contribution < 1.29 is 0 Å². The van der Waals surface area contributed by atoms with Gasteiger partial charge in [-0.25, -0.2) is 0 Å². The minimum atomic E-state index is 0.809. The van der Waals surface area contributed by atoms with Gasteiger partial charge in [-0.05, 0) is 32.6 Å². The first-order valence-corrected chi connectivity index (χ1v) is 5.21. The van der Waals surface area contributed by atoms with Gasteiger partial charge in [0.1, 0.15) is 0 Å². The van der Waals surface area contributed by atoms with E-state index < -0.39 is 0 Å². The second kappa shape index (κ2) is 5.79. The monoisotopic (exact) mass is 180 g/mol. The molecule has 1 aliphatic carbocycles. The largest absolute Gasteiger partial charge is 0.306 e. The van der Waals surface area contributed by atoms with E-state index in [2.05, 4.69) is 17.1 Å². The molecule has 1 N–H and O–H groups in total. The van der Waals surface area contributed by atoms with Gasteiger partial charge in [0.25, 0.3) is 0 Å². The summed E-state index contributed by atoms with van der Waals surface area (Å²) in [5, 5.41) is 4.39. The molecule has 0 amide bonds. The Morgan fingerprint density at radius 3 is 2.46 bits per heavy atom. The van der Waals surface area contributed by atoms with Gasteiger partial charge in [-0.3, -0.25) is 0 Å². The zero-order valence-corrected chi connectivity index (χ0v) is 8.60. The van der Waals surface area contributed by atoms with Crippen LogP contribution in [0, 0.1) is 0 Å². The standard InChI is InChI=1S/C11H20N2/c1-10(2)9-12-13-11-7-5-3-4-6-8-11/h12H,1,3-9H2,2H3. The SMILES string of the molecule is C=C(C)CNN=C1CCCCCC1. The van der Waals surface area contributed by atoms with Crippen LogP contribution in [0.5, 0.6) is 0 Å². The molecule has 0 bridgehead atoms. The molecular weight excluding hydrogens is 160 g/mol. The predicted octanol–water partition coefficient (Wildman–Crippen LogP) is 2.86. The van der Waals surface area contributed by atoms with Gasteiger partial charge in [0.05, 0.1) is 6.54 Å². The Hall–Kier alpha value is -0.790. The lowest BCUT2D eigenvalue weighted by molar-refractivity contribution is 0.702. The summed E-state index contributed by atoms with van der Waals surface area (Å²) in [5.74, 6) is 0. The van der Waals surface area contributed by atoms with Crippen molar-refractivity contribution in [2.75, 3.05) is 6.54 Å². The highest BCUT2D eigenvalue weighted by molar-refractivity contribution is 5.84. The Morgan fingerprint density at radius 2 is 1.92 bits per heavy atom. The Kier molecular flexibility index (Phi) is 4.58. The molecular formula is C11H20N2. The first kappa shape index (κ1) is 10.3. The fourth-order valence-electron chi connectivity index (χ4n) is 1.53. The van der Waals surface area contributed by atoms with Gasteiger partial charge in [0.15, 0.2) is 0 Å². The summed E-state index contributed by atoms with van der Waals surface area (Å²) in [7, 11) is 0. The number of hydrazone groups is 1. The summed E-state index contributed by atoms with van der Waals surface area (Å²) in [4.78, 5) is 0. The van der Waals surface area contributed by atoms with E-state index in [0.29, 0.717) is 0 Å². The molecule has 0 radical (unpaired) electrons. The molecule has 1 rings (SSSR count). The molecule has 1 saturated carbocycles. The maximum atomic E-state index is 4.39. The number of nitrogens with zero attached hydrogens (tertiary/aromatic N) is 1. The van der Waals surface area contributed by atoms with Crippen LogP contribution in [0.2, 0.25) is 0 Å². The van der Waals surface area contributed by atoms with Gasteiger partial charge >= 0.3 is 0 Å². The van der Waals surface area contributed by atoms with Gasteiger partial charge < -0.3 is 5.43 Å². The highest BCUT2D eigenvalue weighted by Gasteiger charge is 2.04. The van der Waals surface area contributed by atoms with Crippen LogP contribution in [0.4, 0.5) is 0 Å². The molecule has 0 atom stereocenters. The van der Waals surface area contributed by atoms with Crippen LogP contribution in [-0.4, -0.2) is 12.3 Å². The highest BCUT2D eigenvalue weighted by atomic mass is 15.3. The van der Waals surface area contributed by atoms with Crippen molar-refractivity contribution in [2.45, 2.75) is 45.4 Å². The van der Waals surface area contributed by atoms with E-state index in [1.165, 1.54) is 44.2 Å². The Bertz CT molecular complexity index is 184. The van der Waals surface area contributed by atoms with Crippen LogP contribution < -0.4 is 5.43 Å². The fourth-order valence-corrected chi connectivity index (χ4v) is 1.53. The Labute approximate surface area is 81.1 Å². The van der Waals surface area contributed by atoms with E-state index in [9.17, 15) is 0 Å². The third kappa shape index (κ3) is 4.71. The third-order valence-corrected chi connectivity index (χ3v) is 2.30. The zero-order valence-electron chi connectivity index (χ0n) is 8.60. The molecule has 2 heteroatoms. The van der Waals surface area contributed by atoms with Crippen molar-refractivity contribution >= 4 is 5.71 Å². The summed E-state index contributed by atoms with van der Waals surface area (Å²) in [5.41, 5.74) is 5.55. The molecule has 0 saturated heterocycles. The summed E-state index contributed by atoms with van der Waals surface area (Å²) in [6.45, 7) is 6.65. The molecule has 0 spiro atoms. The first-order valence-electron chi connectivity index (χ1n) is 5.21. The minimum Gasteiger partial charge on any atom is -0.306 e. The van der Waals surface area contributed by atoms with Crippen LogP contribution in [-0.2, 0) is 0 Å². The van der Waals surface area contributed by atoms with E-state index in [1.807, 2.05) is 6.92 Å². The predicted molar refractivity (Wildman–Crippen MR) is 58.0 cm³/mol. The number of hydrogen-bond acceptors (Lipinski definition) is 2. The summed E-state index contributed by atoms with van der Waals surface area (Å²) < 4.78 is 0. The second-order valence-electron chi connectivity index (χ2n) is 3.88. The normalized spacial score (nSPS) is 17.8. The maximum Gasteiger partial charge on any atom is 0.0534 e. The molecule has 0 aromatic rings. The van der Waals surface area contributed by atoms with Gasteiger partial charge in [-0.1, -0.05) is 25.0 Å². The van der Waals surface area contributed by atoms with Crippen molar-refractivity contribution in [1.82, 2.24) is 5.43 Å². The van der Waals surface area contributed by atoms with Crippen molar-refractivity contribution in [2.24, 2.45) is 5.10 Å². The molecule has 2 nitrogen and oxygen atoms in total. The lowest BCUT2D eigenvalue weighted by Crippen LogP contribution is -2.12. The van der Waals surface area contributed by atoms with Crippen molar-refractivity contribution in [3.05, 3.63) is 12.2 Å². The highest BCUT2D eigenvalue weighted by Crippen LogP contribution is 2.14. The maximum absolute atomic E-state index is 4.39. The quantitative estimate of drug-likeness (QED) is 0.403. The minimum absolute atomic E-state index is 0.809. The van der Waals surface area contributed by atoms with Crippen molar-refractivity contribution in [3.8, 4) is 0 Å². The number of rotatable bonds is 3. The summed E-state index contributed by atoms with van der Waals surface area (Å²) >= 11 is 0. The lowest BCUT2D eigenvalue weighted by atomic mass is 10.2. The average molecular weight is 180 g/mol. The Morgan fingerprint density at radius 1 is 1.31 bits per heavy atom. The topological polar surface area (TPSA) is 24.4 Å². The van der Waals surface area contributed by atoms with Crippen molar-refractivity contribution in [3.63, 3.8) is 0 Å². The van der Waals surface area contributed by atoms with Crippen LogP contribution in [0.3, 0.4) is 0 Å². The van der Waals surface area contributed by atoms with Gasteiger partial charge in [-0.2, -0.15) is 5.10 Å². The second-order valence-corrected chi connectivity index (χ2v) is 3.88. The molecule has 74 valence electrons. The number of hydrogen-bond donors (Lipinski definition) is 1. The molecule has 1 aliphatic rings. The fraction of sp³-hybridized carbons (Fsp3) is 0.727. The molecule has 0 unspecified atom stereocenters. The van der Waals surface area contributed by atoms with E-state index in [-0.39, 0.29) is 0 Å². The molecule has 0 aliphatic heterocycles. The van der Waals surface area contributed by atoms with Crippen LogP contribution in [0.25, 0.3) is 0 Å². The Balaban J connectivity index is 2.26. The van der Waals surface area contributed by atoms with Crippen molar-refractivity contribution in [1.29, 1.82) is 0 Å². The van der Waals surface area contributed by atoms with Crippen LogP contribution >= 0.6 is 0 Å². The van der Waals surface area contributed by atoms with Gasteiger partial charge in [0.2, 0.25) is 0 Å². The van der Waals surface area contributed by atoms with Gasteiger partial charge in [0, 0.05) is 5.71 Å². The van der Waals surface area contributed by atoms with Gasteiger partial charge in [-0.15, -0.1) is 0 Å². The van der Waals surface area contributed by atoms with E-state index >= 15 is 0 Å². The molecule has 0 aromatic heterocycles. The molecule has 1 fully saturated rings. The van der Waals surface area contributed by atoms with E-state index in [1.54, 1.807) is 0 Å². The average Bonchev–Trinajstić information content (AvgIpc) is 2.32. The number of nitrogens with one attached hydrogen (secondary N) is 1. The van der Waals surface area contributed by atoms with E-state index in [0.717, 1.165) is 12.1 Å². The smallest absolute Gasteiger partial charge is 0.0534 e. The zero-order chi connectivity index (χ0) is 9.52. The molecule has 0 heterocycles. The lowest BCUT2D eigenvalue weighted by Gasteiger charge is -2.03. The first-order chi connectivity index (χ1) is 6.29. The summed E-state index contributed by atoms with van der Waals surface area (Å²) in [6.07, 6.45) is 7.74. The van der Waals surface area contributed by atoms with Crippen LogP contribution in [0.1, 0.15) is 45.4 Å². The molecule has 0 aromatic carbocycles.